The molecular formula is C20H31NO2. The Kier molecular flexibility index (Phi) is 10.0. The van der Waals surface area contributed by atoms with Crippen molar-refractivity contribution in [2.24, 2.45) is 0 Å². The van der Waals surface area contributed by atoms with Crippen LogP contribution in [-0.2, 0) is 4.79 Å². The van der Waals surface area contributed by atoms with Crippen LogP contribution in [0.2, 0.25) is 0 Å². The first-order valence-corrected chi connectivity index (χ1v) is 9.03. The standard InChI is InChI=1S/C20H31NO2/c1-3-4-5-6-7-8-9-10-11-12-20(23)21-19-15-18(16-22)14-13-17(19)2/h13-16H,3-12H2,1-2H3,(H,21,23). The summed E-state index contributed by atoms with van der Waals surface area (Å²) in [6.45, 7) is 4.17. The predicted octanol–water partition coefficient (Wildman–Crippen LogP) is 5.67. The minimum atomic E-state index is 0.0408. The molecule has 0 radical (unpaired) electrons. The second-order valence-electron chi connectivity index (χ2n) is 6.32. The molecule has 0 aliphatic heterocycles. The molecule has 0 spiro atoms. The van der Waals surface area contributed by atoms with E-state index >= 15 is 0 Å². The van der Waals surface area contributed by atoms with Crippen molar-refractivity contribution in [1.82, 2.24) is 0 Å². The average Bonchev–Trinajstić information content (AvgIpc) is 2.55. The largest absolute Gasteiger partial charge is 0.326 e. The van der Waals surface area contributed by atoms with Crippen molar-refractivity contribution >= 4 is 17.9 Å². The van der Waals surface area contributed by atoms with Gasteiger partial charge in [0.25, 0.3) is 0 Å². The van der Waals surface area contributed by atoms with Gasteiger partial charge >= 0.3 is 0 Å². The van der Waals surface area contributed by atoms with E-state index in [1.54, 1.807) is 12.1 Å². The number of carbonyl (C=O) groups is 2. The van der Waals surface area contributed by atoms with Crippen LogP contribution in [0.5, 0.6) is 0 Å². The zero-order valence-corrected chi connectivity index (χ0v) is 14.7. The molecule has 0 aliphatic rings. The molecule has 0 aromatic heterocycles. The van der Waals surface area contributed by atoms with Gasteiger partial charge in [-0.3, -0.25) is 9.59 Å². The molecule has 0 unspecified atom stereocenters. The summed E-state index contributed by atoms with van der Waals surface area (Å²) in [4.78, 5) is 22.8. The lowest BCUT2D eigenvalue weighted by Gasteiger charge is -2.09. The van der Waals surface area contributed by atoms with Crippen molar-refractivity contribution in [3.63, 3.8) is 0 Å². The van der Waals surface area contributed by atoms with E-state index in [0.717, 1.165) is 30.4 Å². The molecule has 1 amide bonds. The van der Waals surface area contributed by atoms with Crippen molar-refractivity contribution in [3.05, 3.63) is 29.3 Å². The average molecular weight is 317 g/mol. The number of carbonyl (C=O) groups excluding carboxylic acids is 2. The number of nitrogens with one attached hydrogen (secondary N) is 1. The van der Waals surface area contributed by atoms with Crippen molar-refractivity contribution in [2.45, 2.75) is 78.1 Å². The number of rotatable bonds is 12. The lowest BCUT2D eigenvalue weighted by molar-refractivity contribution is -0.116. The van der Waals surface area contributed by atoms with E-state index in [9.17, 15) is 9.59 Å². The molecule has 0 heterocycles. The first-order chi connectivity index (χ1) is 11.2. The Balaban J connectivity index is 2.14. The number of amides is 1. The van der Waals surface area contributed by atoms with Gasteiger partial charge in [-0.05, 0) is 25.0 Å². The Bertz CT molecular complexity index is 483. The van der Waals surface area contributed by atoms with E-state index in [1.165, 1.54) is 44.9 Å². The van der Waals surface area contributed by atoms with Crippen LogP contribution in [0.1, 0.15) is 87.1 Å². The topological polar surface area (TPSA) is 46.2 Å². The Morgan fingerprint density at radius 1 is 1.00 bits per heavy atom. The van der Waals surface area contributed by atoms with Crippen LogP contribution in [0, 0.1) is 6.92 Å². The summed E-state index contributed by atoms with van der Waals surface area (Å²) in [7, 11) is 0. The molecule has 23 heavy (non-hydrogen) atoms. The van der Waals surface area contributed by atoms with Gasteiger partial charge < -0.3 is 5.32 Å². The van der Waals surface area contributed by atoms with Crippen molar-refractivity contribution < 1.29 is 9.59 Å². The Hall–Kier alpha value is -1.64. The quantitative estimate of drug-likeness (QED) is 0.399. The fraction of sp³-hybridized carbons (Fsp3) is 0.600. The molecule has 1 aromatic carbocycles. The molecule has 1 aromatic rings. The summed E-state index contributed by atoms with van der Waals surface area (Å²) in [6, 6.07) is 5.35. The highest BCUT2D eigenvalue weighted by atomic mass is 16.1. The summed E-state index contributed by atoms with van der Waals surface area (Å²) in [5.74, 6) is 0.0408. The normalized spacial score (nSPS) is 10.5. The van der Waals surface area contributed by atoms with Crippen LogP contribution in [-0.4, -0.2) is 12.2 Å². The highest BCUT2D eigenvalue weighted by Gasteiger charge is 2.05. The minimum Gasteiger partial charge on any atom is -0.326 e. The van der Waals surface area contributed by atoms with E-state index in [0.29, 0.717) is 12.0 Å². The van der Waals surface area contributed by atoms with Crippen molar-refractivity contribution in [2.75, 3.05) is 5.32 Å². The maximum atomic E-state index is 12.0. The SMILES string of the molecule is CCCCCCCCCCCC(=O)Nc1cc(C=O)ccc1C. The third kappa shape index (κ3) is 8.53. The van der Waals surface area contributed by atoms with Gasteiger partial charge in [-0.1, -0.05) is 70.4 Å². The Morgan fingerprint density at radius 3 is 2.22 bits per heavy atom. The van der Waals surface area contributed by atoms with Crippen LogP contribution in [0.3, 0.4) is 0 Å². The van der Waals surface area contributed by atoms with E-state index in [4.69, 9.17) is 0 Å². The zero-order chi connectivity index (χ0) is 16.9. The molecule has 1 N–H and O–H groups in total. The molecule has 0 saturated carbocycles. The predicted molar refractivity (Wildman–Crippen MR) is 97.0 cm³/mol. The lowest BCUT2D eigenvalue weighted by atomic mass is 10.1. The summed E-state index contributed by atoms with van der Waals surface area (Å²) in [5, 5.41) is 2.91. The monoisotopic (exact) mass is 317 g/mol. The van der Waals surface area contributed by atoms with Gasteiger partial charge in [0.2, 0.25) is 5.91 Å². The Morgan fingerprint density at radius 2 is 1.61 bits per heavy atom. The maximum absolute atomic E-state index is 12.0. The lowest BCUT2D eigenvalue weighted by Crippen LogP contribution is -2.12. The third-order valence-electron chi connectivity index (χ3n) is 4.18. The van der Waals surface area contributed by atoms with E-state index in [1.807, 2.05) is 13.0 Å². The van der Waals surface area contributed by atoms with Crippen molar-refractivity contribution in [3.8, 4) is 0 Å². The van der Waals surface area contributed by atoms with Gasteiger partial charge in [-0.2, -0.15) is 0 Å². The van der Waals surface area contributed by atoms with Crippen LogP contribution >= 0.6 is 0 Å². The second kappa shape index (κ2) is 11.9. The molecule has 3 heteroatoms. The summed E-state index contributed by atoms with van der Waals surface area (Å²) < 4.78 is 0. The van der Waals surface area contributed by atoms with Gasteiger partial charge in [0, 0.05) is 17.7 Å². The number of hydrogen-bond acceptors (Lipinski definition) is 2. The molecular weight excluding hydrogens is 286 g/mol. The van der Waals surface area contributed by atoms with E-state index in [2.05, 4.69) is 12.2 Å². The molecule has 0 atom stereocenters. The van der Waals surface area contributed by atoms with Crippen molar-refractivity contribution in [1.29, 1.82) is 0 Å². The van der Waals surface area contributed by atoms with Crippen LogP contribution in [0.25, 0.3) is 0 Å². The molecule has 128 valence electrons. The number of hydrogen-bond donors (Lipinski definition) is 1. The van der Waals surface area contributed by atoms with Crippen LogP contribution in [0.4, 0.5) is 5.69 Å². The molecule has 0 saturated heterocycles. The first kappa shape index (κ1) is 19.4. The van der Waals surface area contributed by atoms with Crippen LogP contribution < -0.4 is 5.32 Å². The summed E-state index contributed by atoms with van der Waals surface area (Å²) in [5.41, 5.74) is 2.32. The highest BCUT2D eigenvalue weighted by Crippen LogP contribution is 2.17. The van der Waals surface area contributed by atoms with Gasteiger partial charge in [0.1, 0.15) is 6.29 Å². The number of anilines is 1. The smallest absolute Gasteiger partial charge is 0.224 e. The van der Waals surface area contributed by atoms with Gasteiger partial charge in [0.15, 0.2) is 0 Å². The van der Waals surface area contributed by atoms with Gasteiger partial charge in [-0.25, -0.2) is 0 Å². The van der Waals surface area contributed by atoms with E-state index in [-0.39, 0.29) is 5.91 Å². The molecule has 1 rings (SSSR count). The molecule has 0 aliphatic carbocycles. The van der Waals surface area contributed by atoms with E-state index < -0.39 is 0 Å². The highest BCUT2D eigenvalue weighted by molar-refractivity contribution is 5.92. The zero-order valence-electron chi connectivity index (χ0n) is 14.7. The fourth-order valence-corrected chi connectivity index (χ4v) is 2.66. The second-order valence-corrected chi connectivity index (χ2v) is 6.32. The molecule has 3 nitrogen and oxygen atoms in total. The summed E-state index contributed by atoms with van der Waals surface area (Å²) >= 11 is 0. The van der Waals surface area contributed by atoms with Gasteiger partial charge in [0.05, 0.1) is 0 Å². The maximum Gasteiger partial charge on any atom is 0.224 e. The number of unbranched alkanes of at least 4 members (excludes halogenated alkanes) is 8. The Labute approximate surface area is 140 Å². The number of aldehydes is 1. The fourth-order valence-electron chi connectivity index (χ4n) is 2.66. The first-order valence-electron chi connectivity index (χ1n) is 9.03. The number of aryl methyl sites for hydroxylation is 1. The third-order valence-corrected chi connectivity index (χ3v) is 4.18. The summed E-state index contributed by atoms with van der Waals surface area (Å²) in [6.07, 6.45) is 12.6. The van der Waals surface area contributed by atoms with Gasteiger partial charge in [-0.15, -0.1) is 0 Å². The minimum absolute atomic E-state index is 0.0408. The number of benzene rings is 1. The van der Waals surface area contributed by atoms with Crippen LogP contribution in [0.15, 0.2) is 18.2 Å². The molecule has 0 bridgehead atoms. The molecule has 0 fully saturated rings.